The molecule has 2 heterocycles. The lowest BCUT2D eigenvalue weighted by atomic mass is 10.1. The second-order valence-corrected chi connectivity index (χ2v) is 8.37. The molecule has 0 unspecified atom stereocenters. The van der Waals surface area contributed by atoms with Crippen molar-refractivity contribution >= 4 is 22.5 Å². The summed E-state index contributed by atoms with van der Waals surface area (Å²) in [6.07, 6.45) is 0.460. The van der Waals surface area contributed by atoms with Gasteiger partial charge in [0.1, 0.15) is 0 Å². The molecular formula is C27H26N4O. The highest BCUT2D eigenvalue weighted by atomic mass is 16.2. The molecule has 1 fully saturated rings. The zero-order valence-corrected chi connectivity index (χ0v) is 18.2. The van der Waals surface area contributed by atoms with Crippen molar-refractivity contribution in [1.29, 1.82) is 0 Å². The van der Waals surface area contributed by atoms with Gasteiger partial charge in [-0.25, -0.2) is 0 Å². The molecule has 1 aromatic heterocycles. The van der Waals surface area contributed by atoms with E-state index in [0.717, 1.165) is 35.7 Å². The van der Waals surface area contributed by atoms with E-state index in [4.69, 9.17) is 0 Å². The molecule has 4 aromatic rings. The predicted molar refractivity (Wildman–Crippen MR) is 129 cm³/mol. The normalized spacial score (nSPS) is 14.0. The molecule has 5 nitrogen and oxygen atoms in total. The number of carbonyl (C=O) groups excluding carboxylic acids is 1. The minimum atomic E-state index is 0.188. The fourth-order valence-corrected chi connectivity index (χ4v) is 4.29. The number of hydrogen-bond acceptors (Lipinski definition) is 4. The maximum atomic E-state index is 12.7. The fourth-order valence-electron chi connectivity index (χ4n) is 4.29. The molecule has 0 saturated carbocycles. The molecule has 1 aliphatic heterocycles. The van der Waals surface area contributed by atoms with E-state index in [9.17, 15) is 4.79 Å². The first-order chi connectivity index (χ1) is 15.7. The number of rotatable bonds is 4. The summed E-state index contributed by atoms with van der Waals surface area (Å²) in [4.78, 5) is 16.9. The minimum Gasteiger partial charge on any atom is -0.352 e. The Balaban J connectivity index is 1.21. The van der Waals surface area contributed by atoms with E-state index in [1.165, 1.54) is 16.3 Å². The van der Waals surface area contributed by atoms with Gasteiger partial charge in [-0.15, -0.1) is 10.2 Å². The maximum Gasteiger partial charge on any atom is 0.227 e. The molecule has 5 heteroatoms. The van der Waals surface area contributed by atoms with E-state index in [0.29, 0.717) is 19.5 Å². The Hall–Kier alpha value is -3.73. The van der Waals surface area contributed by atoms with Crippen molar-refractivity contribution in [1.82, 2.24) is 15.1 Å². The van der Waals surface area contributed by atoms with Crippen molar-refractivity contribution in [3.05, 3.63) is 90.0 Å². The van der Waals surface area contributed by atoms with Crippen LogP contribution >= 0.6 is 0 Å². The molecule has 0 spiro atoms. The van der Waals surface area contributed by atoms with Crippen molar-refractivity contribution in [2.24, 2.45) is 0 Å². The number of aromatic nitrogens is 2. The number of fused-ring (bicyclic) bond motifs is 1. The lowest BCUT2D eigenvalue weighted by molar-refractivity contribution is -0.130. The third-order valence-corrected chi connectivity index (χ3v) is 6.09. The van der Waals surface area contributed by atoms with Crippen LogP contribution in [0.5, 0.6) is 0 Å². The van der Waals surface area contributed by atoms with Gasteiger partial charge in [-0.2, -0.15) is 0 Å². The first kappa shape index (κ1) is 20.2. The number of anilines is 1. The van der Waals surface area contributed by atoms with Crippen molar-refractivity contribution in [2.45, 2.75) is 13.3 Å². The average molecular weight is 423 g/mol. The molecule has 32 heavy (non-hydrogen) atoms. The second kappa shape index (κ2) is 8.79. The lowest BCUT2D eigenvalue weighted by Gasteiger charge is -2.35. The van der Waals surface area contributed by atoms with Gasteiger partial charge in [-0.05, 0) is 41.5 Å². The van der Waals surface area contributed by atoms with E-state index in [2.05, 4.69) is 64.5 Å². The predicted octanol–water partition coefficient (Wildman–Crippen LogP) is 4.50. The first-order valence-electron chi connectivity index (χ1n) is 11.1. The number of benzene rings is 3. The van der Waals surface area contributed by atoms with Crippen LogP contribution in [-0.2, 0) is 11.2 Å². The molecule has 0 atom stereocenters. The SMILES string of the molecule is Cc1cccc(CC(=O)N2CCN(c3ccc(-c4ccc5ccccc5c4)nn3)CC2)c1. The van der Waals surface area contributed by atoms with Crippen LogP contribution in [0.15, 0.2) is 78.9 Å². The summed E-state index contributed by atoms with van der Waals surface area (Å²) in [6.45, 7) is 5.00. The van der Waals surface area contributed by atoms with Gasteiger partial charge >= 0.3 is 0 Å². The van der Waals surface area contributed by atoms with Crippen LogP contribution < -0.4 is 4.90 Å². The Morgan fingerprint density at radius 3 is 2.38 bits per heavy atom. The van der Waals surface area contributed by atoms with E-state index in [-0.39, 0.29) is 5.91 Å². The largest absolute Gasteiger partial charge is 0.352 e. The molecule has 0 radical (unpaired) electrons. The van der Waals surface area contributed by atoms with Crippen LogP contribution in [0.25, 0.3) is 22.0 Å². The molecule has 0 bridgehead atoms. The van der Waals surface area contributed by atoms with Crippen LogP contribution in [-0.4, -0.2) is 47.2 Å². The smallest absolute Gasteiger partial charge is 0.227 e. The zero-order valence-electron chi connectivity index (χ0n) is 18.2. The fraction of sp³-hybridized carbons (Fsp3) is 0.222. The molecule has 160 valence electrons. The van der Waals surface area contributed by atoms with E-state index < -0.39 is 0 Å². The minimum absolute atomic E-state index is 0.188. The molecule has 0 N–H and O–H groups in total. The summed E-state index contributed by atoms with van der Waals surface area (Å²) in [5, 5.41) is 11.4. The molecular weight excluding hydrogens is 396 g/mol. The Bertz CT molecular complexity index is 1240. The number of hydrogen-bond donors (Lipinski definition) is 0. The van der Waals surface area contributed by atoms with Crippen molar-refractivity contribution in [3.63, 3.8) is 0 Å². The summed E-state index contributed by atoms with van der Waals surface area (Å²) < 4.78 is 0. The van der Waals surface area contributed by atoms with Gasteiger partial charge in [-0.3, -0.25) is 4.79 Å². The van der Waals surface area contributed by atoms with E-state index in [1.807, 2.05) is 41.3 Å². The summed E-state index contributed by atoms with van der Waals surface area (Å²) in [5.41, 5.74) is 4.19. The molecule has 1 amide bonds. The summed E-state index contributed by atoms with van der Waals surface area (Å²) in [7, 11) is 0. The molecule has 1 saturated heterocycles. The van der Waals surface area contributed by atoms with Crippen LogP contribution in [0.3, 0.4) is 0 Å². The van der Waals surface area contributed by atoms with Crippen LogP contribution in [0.4, 0.5) is 5.82 Å². The number of nitrogens with zero attached hydrogens (tertiary/aromatic N) is 4. The van der Waals surface area contributed by atoms with Gasteiger partial charge in [0.05, 0.1) is 12.1 Å². The van der Waals surface area contributed by atoms with Gasteiger partial charge in [0.25, 0.3) is 0 Å². The Morgan fingerprint density at radius 1 is 0.812 bits per heavy atom. The molecule has 1 aliphatic rings. The number of amides is 1. The quantitative estimate of drug-likeness (QED) is 0.486. The van der Waals surface area contributed by atoms with Crippen molar-refractivity contribution < 1.29 is 4.79 Å². The van der Waals surface area contributed by atoms with Crippen LogP contribution in [0, 0.1) is 6.92 Å². The van der Waals surface area contributed by atoms with Gasteiger partial charge in [0.15, 0.2) is 5.82 Å². The Morgan fingerprint density at radius 2 is 1.62 bits per heavy atom. The third-order valence-electron chi connectivity index (χ3n) is 6.09. The molecule has 5 rings (SSSR count). The van der Waals surface area contributed by atoms with Crippen LogP contribution in [0.2, 0.25) is 0 Å². The lowest BCUT2D eigenvalue weighted by Crippen LogP contribution is -2.49. The highest BCUT2D eigenvalue weighted by Crippen LogP contribution is 2.24. The highest BCUT2D eigenvalue weighted by molar-refractivity contribution is 5.86. The first-order valence-corrected chi connectivity index (χ1v) is 11.1. The highest BCUT2D eigenvalue weighted by Gasteiger charge is 2.22. The molecule has 0 aliphatic carbocycles. The summed E-state index contributed by atoms with van der Waals surface area (Å²) >= 11 is 0. The van der Waals surface area contributed by atoms with E-state index in [1.54, 1.807) is 0 Å². The molecule has 3 aromatic carbocycles. The van der Waals surface area contributed by atoms with Gasteiger partial charge in [0, 0.05) is 31.7 Å². The van der Waals surface area contributed by atoms with Gasteiger partial charge < -0.3 is 9.80 Å². The van der Waals surface area contributed by atoms with Gasteiger partial charge in [0.2, 0.25) is 5.91 Å². The number of aryl methyl sites for hydroxylation is 1. The van der Waals surface area contributed by atoms with Gasteiger partial charge in [-0.1, -0.05) is 66.2 Å². The standard InChI is InChI=1S/C27H26N4O/c1-20-5-4-6-21(17-20)18-27(32)31-15-13-30(14-16-31)26-12-11-25(28-29-26)24-10-9-22-7-2-3-8-23(22)19-24/h2-12,17,19H,13-16,18H2,1H3. The number of carbonyl (C=O) groups is 1. The van der Waals surface area contributed by atoms with Crippen molar-refractivity contribution in [2.75, 3.05) is 31.1 Å². The third kappa shape index (κ3) is 4.33. The second-order valence-electron chi connectivity index (χ2n) is 8.37. The Labute approximate surface area is 188 Å². The van der Waals surface area contributed by atoms with Crippen molar-refractivity contribution in [3.8, 4) is 11.3 Å². The topological polar surface area (TPSA) is 49.3 Å². The summed E-state index contributed by atoms with van der Waals surface area (Å²) in [5.74, 6) is 1.05. The zero-order chi connectivity index (χ0) is 21.9. The number of piperazine rings is 1. The van der Waals surface area contributed by atoms with E-state index >= 15 is 0 Å². The van der Waals surface area contributed by atoms with Crippen LogP contribution in [0.1, 0.15) is 11.1 Å². The maximum absolute atomic E-state index is 12.7. The Kier molecular flexibility index (Phi) is 5.55. The average Bonchev–Trinajstić information content (AvgIpc) is 2.84. The summed E-state index contributed by atoms with van der Waals surface area (Å²) in [6, 6.07) is 26.9. The monoisotopic (exact) mass is 422 g/mol.